The van der Waals surface area contributed by atoms with Crippen LogP contribution in [0.2, 0.25) is 0 Å². The first-order valence-electron chi connectivity index (χ1n) is 7.67. The summed E-state index contributed by atoms with van der Waals surface area (Å²) in [6.45, 7) is 0.515. The Kier molecular flexibility index (Phi) is 3.43. The molecule has 0 atom stereocenters. The van der Waals surface area contributed by atoms with Gasteiger partial charge in [-0.05, 0) is 42.5 Å². The SMILES string of the molecule is COCn1ccc2cc(-n3cc4ccc(OC)cc4c3O)ccc21. The summed E-state index contributed by atoms with van der Waals surface area (Å²) in [7, 11) is 3.30. The number of aromatic hydroxyl groups is 1. The van der Waals surface area contributed by atoms with Crippen molar-refractivity contribution in [3.8, 4) is 17.3 Å². The molecule has 0 amide bonds. The van der Waals surface area contributed by atoms with Gasteiger partial charge >= 0.3 is 0 Å². The minimum Gasteiger partial charge on any atom is -0.497 e. The maximum atomic E-state index is 10.6. The standard InChI is InChI=1S/C19H18N2O3/c1-23-12-20-8-7-13-9-15(4-6-18(13)20)21-11-14-3-5-16(24-2)10-17(14)19(21)22/h3-11,22H,12H2,1-2H3. The molecule has 2 aromatic carbocycles. The Morgan fingerprint density at radius 3 is 2.67 bits per heavy atom. The maximum absolute atomic E-state index is 10.6. The van der Waals surface area contributed by atoms with Crippen molar-refractivity contribution in [2.45, 2.75) is 6.73 Å². The highest BCUT2D eigenvalue weighted by Gasteiger charge is 2.12. The van der Waals surface area contributed by atoms with Gasteiger partial charge in [0, 0.05) is 41.3 Å². The molecule has 0 aliphatic rings. The van der Waals surface area contributed by atoms with E-state index >= 15 is 0 Å². The highest BCUT2D eigenvalue weighted by molar-refractivity contribution is 5.90. The molecule has 24 heavy (non-hydrogen) atoms. The van der Waals surface area contributed by atoms with Crippen LogP contribution in [-0.2, 0) is 11.5 Å². The van der Waals surface area contributed by atoms with Gasteiger partial charge in [0.15, 0.2) is 0 Å². The molecule has 0 saturated heterocycles. The molecule has 0 radical (unpaired) electrons. The van der Waals surface area contributed by atoms with E-state index in [0.717, 1.165) is 33.1 Å². The minimum atomic E-state index is 0.208. The third-order valence-electron chi connectivity index (χ3n) is 4.30. The number of ether oxygens (including phenoxy) is 2. The van der Waals surface area contributed by atoms with Gasteiger partial charge in [0.2, 0.25) is 5.88 Å². The summed E-state index contributed by atoms with van der Waals surface area (Å²) in [4.78, 5) is 0. The van der Waals surface area contributed by atoms with Gasteiger partial charge in [-0.25, -0.2) is 0 Å². The Morgan fingerprint density at radius 1 is 1.00 bits per heavy atom. The van der Waals surface area contributed by atoms with E-state index in [0.29, 0.717) is 6.73 Å². The van der Waals surface area contributed by atoms with Crippen LogP contribution in [0.15, 0.2) is 54.9 Å². The zero-order chi connectivity index (χ0) is 16.7. The van der Waals surface area contributed by atoms with Crippen LogP contribution >= 0.6 is 0 Å². The molecule has 0 fully saturated rings. The number of aromatic nitrogens is 2. The van der Waals surface area contributed by atoms with Crippen LogP contribution in [0.25, 0.3) is 27.4 Å². The summed E-state index contributed by atoms with van der Waals surface area (Å²) in [5.74, 6) is 0.933. The lowest BCUT2D eigenvalue weighted by molar-refractivity contribution is 0.135. The average Bonchev–Trinajstić information content (AvgIpc) is 3.16. The molecule has 0 aliphatic heterocycles. The topological polar surface area (TPSA) is 48.5 Å². The zero-order valence-corrected chi connectivity index (χ0v) is 13.6. The Hall–Kier alpha value is -2.92. The molecule has 4 rings (SSSR count). The van der Waals surface area contributed by atoms with Gasteiger partial charge in [0.05, 0.1) is 12.6 Å². The molecule has 0 spiro atoms. The molecule has 1 N–H and O–H groups in total. The average molecular weight is 322 g/mol. The molecule has 4 aromatic rings. The summed E-state index contributed by atoms with van der Waals surface area (Å²) in [6, 6.07) is 13.8. The Balaban J connectivity index is 1.84. The summed E-state index contributed by atoms with van der Waals surface area (Å²) in [6.07, 6.45) is 3.92. The van der Waals surface area contributed by atoms with E-state index in [2.05, 4.69) is 6.07 Å². The molecule has 0 saturated carbocycles. The van der Waals surface area contributed by atoms with Crippen LogP contribution in [0.4, 0.5) is 0 Å². The molecule has 2 aromatic heterocycles. The third-order valence-corrected chi connectivity index (χ3v) is 4.30. The molecule has 0 unspecified atom stereocenters. The van der Waals surface area contributed by atoms with E-state index in [1.807, 2.05) is 53.4 Å². The lowest BCUT2D eigenvalue weighted by Gasteiger charge is -2.07. The summed E-state index contributed by atoms with van der Waals surface area (Å²) >= 11 is 0. The molecular weight excluding hydrogens is 304 g/mol. The van der Waals surface area contributed by atoms with Crippen LogP contribution in [-0.4, -0.2) is 28.5 Å². The Morgan fingerprint density at radius 2 is 1.88 bits per heavy atom. The molecule has 5 nitrogen and oxygen atoms in total. The van der Waals surface area contributed by atoms with Crippen molar-refractivity contribution in [2.24, 2.45) is 0 Å². The van der Waals surface area contributed by atoms with Gasteiger partial charge in [-0.2, -0.15) is 0 Å². The summed E-state index contributed by atoms with van der Waals surface area (Å²) in [5, 5.41) is 13.4. The number of methoxy groups -OCH3 is 2. The van der Waals surface area contributed by atoms with E-state index in [1.54, 1.807) is 18.8 Å². The van der Waals surface area contributed by atoms with E-state index in [4.69, 9.17) is 9.47 Å². The monoisotopic (exact) mass is 322 g/mol. The van der Waals surface area contributed by atoms with Gasteiger partial charge in [-0.1, -0.05) is 0 Å². The second-order valence-electron chi connectivity index (χ2n) is 5.72. The van der Waals surface area contributed by atoms with Crippen molar-refractivity contribution >= 4 is 21.7 Å². The van der Waals surface area contributed by atoms with Crippen molar-refractivity contribution < 1.29 is 14.6 Å². The van der Waals surface area contributed by atoms with Gasteiger partial charge in [0.1, 0.15) is 12.5 Å². The van der Waals surface area contributed by atoms with Crippen molar-refractivity contribution in [1.82, 2.24) is 9.13 Å². The molecule has 0 bridgehead atoms. The Labute approximate surface area is 139 Å². The molecular formula is C19H18N2O3. The number of rotatable bonds is 4. The molecule has 2 heterocycles. The first-order chi connectivity index (χ1) is 11.7. The fraction of sp³-hybridized carbons (Fsp3) is 0.158. The molecule has 0 aliphatic carbocycles. The van der Waals surface area contributed by atoms with Crippen molar-refractivity contribution in [3.05, 3.63) is 54.9 Å². The highest BCUT2D eigenvalue weighted by Crippen LogP contribution is 2.33. The van der Waals surface area contributed by atoms with E-state index in [1.165, 1.54) is 0 Å². The quantitative estimate of drug-likeness (QED) is 0.620. The van der Waals surface area contributed by atoms with Crippen LogP contribution in [0.1, 0.15) is 0 Å². The van der Waals surface area contributed by atoms with Crippen LogP contribution in [0.5, 0.6) is 11.6 Å². The van der Waals surface area contributed by atoms with Crippen LogP contribution in [0, 0.1) is 0 Å². The Bertz CT molecular complexity index is 1030. The number of fused-ring (bicyclic) bond motifs is 2. The fourth-order valence-electron chi connectivity index (χ4n) is 3.08. The first-order valence-corrected chi connectivity index (χ1v) is 7.67. The van der Waals surface area contributed by atoms with Crippen LogP contribution in [0.3, 0.4) is 0 Å². The normalized spacial score (nSPS) is 11.4. The molecule has 5 heteroatoms. The second kappa shape index (κ2) is 5.62. The van der Waals surface area contributed by atoms with E-state index in [9.17, 15) is 5.11 Å². The van der Waals surface area contributed by atoms with Crippen molar-refractivity contribution in [2.75, 3.05) is 14.2 Å². The van der Waals surface area contributed by atoms with Crippen LogP contribution < -0.4 is 4.74 Å². The molecule has 122 valence electrons. The predicted molar refractivity (Wildman–Crippen MR) is 94.0 cm³/mol. The van der Waals surface area contributed by atoms with Crippen molar-refractivity contribution in [1.29, 1.82) is 0 Å². The van der Waals surface area contributed by atoms with Gasteiger partial charge in [-0.15, -0.1) is 0 Å². The lowest BCUT2D eigenvalue weighted by atomic mass is 10.2. The fourth-order valence-corrected chi connectivity index (χ4v) is 3.08. The largest absolute Gasteiger partial charge is 0.497 e. The third kappa shape index (κ3) is 2.21. The number of nitrogens with zero attached hydrogens (tertiary/aromatic N) is 2. The second-order valence-corrected chi connectivity index (χ2v) is 5.72. The van der Waals surface area contributed by atoms with Gasteiger partial charge < -0.3 is 19.1 Å². The number of hydrogen-bond donors (Lipinski definition) is 1. The predicted octanol–water partition coefficient (Wildman–Crippen LogP) is 3.90. The first kappa shape index (κ1) is 14.7. The van der Waals surface area contributed by atoms with Crippen molar-refractivity contribution in [3.63, 3.8) is 0 Å². The minimum absolute atomic E-state index is 0.208. The maximum Gasteiger partial charge on any atom is 0.203 e. The van der Waals surface area contributed by atoms with E-state index in [-0.39, 0.29) is 5.88 Å². The number of benzene rings is 2. The summed E-state index contributed by atoms with van der Waals surface area (Å²) in [5.41, 5.74) is 2.00. The smallest absolute Gasteiger partial charge is 0.203 e. The van der Waals surface area contributed by atoms with Gasteiger partial charge in [-0.3, -0.25) is 4.57 Å². The van der Waals surface area contributed by atoms with Gasteiger partial charge in [0.25, 0.3) is 0 Å². The lowest BCUT2D eigenvalue weighted by Crippen LogP contribution is -1.97. The zero-order valence-electron chi connectivity index (χ0n) is 13.6. The van der Waals surface area contributed by atoms with E-state index < -0.39 is 0 Å². The number of hydrogen-bond acceptors (Lipinski definition) is 3. The summed E-state index contributed by atoms with van der Waals surface area (Å²) < 4.78 is 14.3. The highest BCUT2D eigenvalue weighted by atomic mass is 16.5.